The smallest absolute Gasteiger partial charge is 0.376 e. The van der Waals surface area contributed by atoms with Crippen LogP contribution in [0.3, 0.4) is 0 Å². The van der Waals surface area contributed by atoms with E-state index in [9.17, 15) is 26.4 Å². The van der Waals surface area contributed by atoms with Gasteiger partial charge in [-0.1, -0.05) is 12.1 Å². The van der Waals surface area contributed by atoms with E-state index in [1.165, 1.54) is 34.4 Å². The molecule has 1 N–H and O–H groups in total. The number of benzene rings is 2. The molecule has 1 heterocycles. The number of nitrogens with zero attached hydrogens (tertiary/aromatic N) is 2. The molecule has 1 aliphatic carbocycles. The molecule has 36 heavy (non-hydrogen) atoms. The summed E-state index contributed by atoms with van der Waals surface area (Å²) in [4.78, 5) is 17.6. The van der Waals surface area contributed by atoms with Gasteiger partial charge in [-0.05, 0) is 79.8 Å². The number of rotatable bonds is 6. The Hall–Kier alpha value is -2.63. The maximum atomic E-state index is 12.8. The normalized spacial score (nSPS) is 19.5. The molecule has 0 radical (unpaired) electrons. The van der Waals surface area contributed by atoms with Crippen LogP contribution in [-0.4, -0.2) is 68.9 Å². The van der Waals surface area contributed by atoms with Crippen molar-refractivity contribution in [3.05, 3.63) is 64.2 Å². The predicted molar refractivity (Wildman–Crippen MR) is 129 cm³/mol. The van der Waals surface area contributed by atoms with Gasteiger partial charge in [-0.3, -0.25) is 9.69 Å². The lowest BCUT2D eigenvalue weighted by molar-refractivity contribution is -0.0500. The summed E-state index contributed by atoms with van der Waals surface area (Å²) in [7, 11) is -3.63. The van der Waals surface area contributed by atoms with E-state index in [0.717, 1.165) is 57.7 Å². The Kier molecular flexibility index (Phi) is 7.63. The van der Waals surface area contributed by atoms with E-state index >= 15 is 0 Å². The van der Waals surface area contributed by atoms with Crippen LogP contribution in [0.5, 0.6) is 5.75 Å². The summed E-state index contributed by atoms with van der Waals surface area (Å²) in [6, 6.07) is 8.83. The monoisotopic (exact) mass is 525 g/mol. The lowest BCUT2D eigenvalue weighted by Crippen LogP contribution is -2.44. The first kappa shape index (κ1) is 26.4. The molecular weight excluding hydrogens is 495 g/mol. The van der Waals surface area contributed by atoms with Gasteiger partial charge in [0.15, 0.2) is 0 Å². The van der Waals surface area contributed by atoms with Crippen molar-refractivity contribution in [3.63, 3.8) is 0 Å². The van der Waals surface area contributed by atoms with Crippen molar-refractivity contribution >= 4 is 16.0 Å². The van der Waals surface area contributed by atoms with Crippen LogP contribution in [0, 0.1) is 6.92 Å². The van der Waals surface area contributed by atoms with Crippen molar-refractivity contribution in [2.45, 2.75) is 44.3 Å². The molecule has 2 aromatic rings. The molecule has 11 heteroatoms. The minimum atomic E-state index is -5.76. The second kappa shape index (κ2) is 10.4. The average Bonchev–Trinajstić information content (AvgIpc) is 2.82. The zero-order valence-electron chi connectivity index (χ0n) is 20.3. The highest BCUT2D eigenvalue weighted by atomic mass is 32.2. The number of amides is 1. The number of fused-ring (bicyclic) bond motifs is 1. The zero-order valence-corrected chi connectivity index (χ0v) is 21.1. The lowest BCUT2D eigenvalue weighted by atomic mass is 9.82. The van der Waals surface area contributed by atoms with Gasteiger partial charge in [-0.25, -0.2) is 0 Å². The highest BCUT2D eigenvalue weighted by Crippen LogP contribution is 2.30. The molecule has 0 unspecified atom stereocenters. The third-order valence-electron chi connectivity index (χ3n) is 6.89. The number of carbonyl (C=O) groups is 1. The van der Waals surface area contributed by atoms with E-state index in [1.54, 1.807) is 0 Å². The molecule has 4 rings (SSSR count). The largest absolute Gasteiger partial charge is 0.534 e. The number of alkyl halides is 3. The number of nitrogens with one attached hydrogen (secondary N) is 1. The summed E-state index contributed by atoms with van der Waals surface area (Å²) in [6.45, 7) is 7.10. The Balaban J connectivity index is 1.42. The minimum Gasteiger partial charge on any atom is -0.376 e. The molecule has 196 valence electrons. The first-order valence-electron chi connectivity index (χ1n) is 11.9. The van der Waals surface area contributed by atoms with Crippen molar-refractivity contribution < 1.29 is 30.6 Å². The molecule has 0 aromatic heterocycles. The van der Waals surface area contributed by atoms with E-state index < -0.39 is 21.4 Å². The molecule has 1 fully saturated rings. The second-order valence-electron chi connectivity index (χ2n) is 9.50. The van der Waals surface area contributed by atoms with Gasteiger partial charge >= 0.3 is 15.6 Å². The van der Waals surface area contributed by atoms with Crippen LogP contribution in [0.25, 0.3) is 0 Å². The van der Waals surface area contributed by atoms with Crippen molar-refractivity contribution in [1.29, 1.82) is 0 Å². The molecule has 0 saturated carbocycles. The summed E-state index contributed by atoms with van der Waals surface area (Å²) in [5.41, 5.74) is -0.152. The Morgan fingerprint density at radius 1 is 1.06 bits per heavy atom. The highest BCUT2D eigenvalue weighted by molar-refractivity contribution is 7.88. The van der Waals surface area contributed by atoms with E-state index in [-0.39, 0.29) is 17.5 Å². The topological polar surface area (TPSA) is 79.0 Å². The fourth-order valence-electron chi connectivity index (χ4n) is 4.75. The zero-order chi connectivity index (χ0) is 26.1. The van der Waals surface area contributed by atoms with Gasteiger partial charge in [0.1, 0.15) is 5.75 Å². The highest BCUT2D eigenvalue weighted by Gasteiger charge is 2.48. The minimum absolute atomic E-state index is 0.0837. The van der Waals surface area contributed by atoms with Crippen LogP contribution < -0.4 is 9.50 Å². The van der Waals surface area contributed by atoms with Crippen LogP contribution >= 0.6 is 0 Å². The second-order valence-corrected chi connectivity index (χ2v) is 11.0. The first-order chi connectivity index (χ1) is 16.9. The standard InChI is InChI=1S/C25H30F3N3O4S/c1-17-3-4-19(16-31-13-11-30(2)12-14-31)23-15-20(7-10-22(17)23)29-24(32)18-5-8-21(9-6-18)35-36(33,34)25(26,27)28/h3-6,8-9,20H,7,10-16H2,1-2H3,(H,29,32)/t20-/m1/s1. The van der Waals surface area contributed by atoms with Crippen LogP contribution in [0.4, 0.5) is 13.2 Å². The summed E-state index contributed by atoms with van der Waals surface area (Å²) >= 11 is 0. The van der Waals surface area contributed by atoms with E-state index in [0.29, 0.717) is 6.42 Å². The quantitative estimate of drug-likeness (QED) is 0.461. The molecule has 7 nitrogen and oxygen atoms in total. The van der Waals surface area contributed by atoms with Gasteiger partial charge in [0, 0.05) is 44.3 Å². The Morgan fingerprint density at radius 2 is 1.72 bits per heavy atom. The lowest BCUT2D eigenvalue weighted by Gasteiger charge is -2.34. The van der Waals surface area contributed by atoms with Crippen molar-refractivity contribution in [2.75, 3.05) is 33.2 Å². The van der Waals surface area contributed by atoms with Crippen LogP contribution in [-0.2, 0) is 29.5 Å². The maximum absolute atomic E-state index is 12.8. The number of piperazine rings is 1. The van der Waals surface area contributed by atoms with Gasteiger partial charge in [-0.15, -0.1) is 0 Å². The molecular formula is C25H30F3N3O4S. The van der Waals surface area contributed by atoms with Crippen LogP contribution in [0.2, 0.25) is 0 Å². The average molecular weight is 526 g/mol. The molecule has 1 atom stereocenters. The van der Waals surface area contributed by atoms with Crippen LogP contribution in [0.1, 0.15) is 39.0 Å². The van der Waals surface area contributed by atoms with E-state index in [1.807, 2.05) is 0 Å². The third-order valence-corrected chi connectivity index (χ3v) is 7.87. The number of hydrogen-bond donors (Lipinski definition) is 1. The third kappa shape index (κ3) is 6.01. The fourth-order valence-corrected chi connectivity index (χ4v) is 5.21. The summed E-state index contributed by atoms with van der Waals surface area (Å²) in [5.74, 6) is -0.888. The molecule has 2 aromatic carbocycles. The molecule has 1 aliphatic heterocycles. The predicted octanol–water partition coefficient (Wildman–Crippen LogP) is 3.26. The van der Waals surface area contributed by atoms with Gasteiger partial charge < -0.3 is 14.4 Å². The van der Waals surface area contributed by atoms with Crippen molar-refractivity contribution in [1.82, 2.24) is 15.1 Å². The Bertz CT molecular complexity index is 1210. The van der Waals surface area contributed by atoms with E-state index in [2.05, 4.69) is 45.4 Å². The summed E-state index contributed by atoms with van der Waals surface area (Å²) in [5, 5.41) is 3.03. The molecule has 1 saturated heterocycles. The molecule has 2 aliphatic rings. The Labute approximate surface area is 209 Å². The van der Waals surface area contributed by atoms with Crippen molar-refractivity contribution in [2.24, 2.45) is 0 Å². The summed E-state index contributed by atoms with van der Waals surface area (Å²) < 4.78 is 64.0. The molecule has 0 spiro atoms. The molecule has 1 amide bonds. The number of halogens is 3. The Morgan fingerprint density at radius 3 is 2.36 bits per heavy atom. The van der Waals surface area contributed by atoms with Gasteiger partial charge in [0.2, 0.25) is 0 Å². The number of aryl methyl sites for hydroxylation is 1. The summed E-state index contributed by atoms with van der Waals surface area (Å²) in [6.07, 6.45) is 2.34. The SMILES string of the molecule is Cc1ccc(CN2CCN(C)CC2)c2c1CC[C@@H](NC(=O)c1ccc(OS(=O)(=O)C(F)(F)F)cc1)C2. The number of likely N-dealkylation sites (N-methyl/N-ethyl adjacent to an activating group) is 1. The van der Waals surface area contributed by atoms with E-state index in [4.69, 9.17) is 0 Å². The first-order valence-corrected chi connectivity index (χ1v) is 13.3. The van der Waals surface area contributed by atoms with Crippen LogP contribution in [0.15, 0.2) is 36.4 Å². The van der Waals surface area contributed by atoms with Crippen molar-refractivity contribution in [3.8, 4) is 5.75 Å². The number of hydrogen-bond acceptors (Lipinski definition) is 6. The maximum Gasteiger partial charge on any atom is 0.534 e. The van der Waals surface area contributed by atoms with Gasteiger partial charge in [0.25, 0.3) is 5.91 Å². The number of carbonyl (C=O) groups excluding carboxylic acids is 1. The van der Waals surface area contributed by atoms with Gasteiger partial charge in [0.05, 0.1) is 0 Å². The molecule has 0 bridgehead atoms. The fraction of sp³-hybridized carbons (Fsp3) is 0.480. The van der Waals surface area contributed by atoms with Gasteiger partial charge in [-0.2, -0.15) is 21.6 Å².